The third-order valence-electron chi connectivity index (χ3n) is 2.77. The Morgan fingerprint density at radius 3 is 2.50 bits per heavy atom. The summed E-state index contributed by atoms with van der Waals surface area (Å²) >= 11 is 0. The molecule has 0 saturated carbocycles. The van der Waals surface area contributed by atoms with Crippen LogP contribution in [0.2, 0.25) is 0 Å². The molecule has 6 heteroatoms. The van der Waals surface area contributed by atoms with Crippen molar-refractivity contribution in [1.29, 1.82) is 0 Å². The predicted molar refractivity (Wildman–Crippen MR) is 62.5 cm³/mol. The summed E-state index contributed by atoms with van der Waals surface area (Å²) in [6, 6.07) is 1.50. The van der Waals surface area contributed by atoms with Crippen LogP contribution in [0, 0.1) is 5.92 Å². The lowest BCUT2D eigenvalue weighted by Gasteiger charge is -2.13. The number of hydrogen-bond donors (Lipinski definition) is 1. The topological polar surface area (TPSA) is 64.0 Å². The van der Waals surface area contributed by atoms with Crippen molar-refractivity contribution < 1.29 is 8.42 Å². The highest BCUT2D eigenvalue weighted by molar-refractivity contribution is 7.89. The summed E-state index contributed by atoms with van der Waals surface area (Å²) in [6.45, 7) is 4.61. The van der Waals surface area contributed by atoms with Crippen LogP contribution in [0.25, 0.3) is 0 Å². The van der Waals surface area contributed by atoms with Crippen LogP contribution in [-0.2, 0) is 17.1 Å². The summed E-state index contributed by atoms with van der Waals surface area (Å²) in [5, 5.41) is 4.05. The molecule has 0 bridgehead atoms. The zero-order valence-electron chi connectivity index (χ0n) is 9.97. The smallest absolute Gasteiger partial charge is 0.256 e. The normalized spacial score (nSPS) is 12.2. The number of sulfonamides is 1. The van der Waals surface area contributed by atoms with Gasteiger partial charge >= 0.3 is 0 Å². The van der Waals surface area contributed by atoms with Gasteiger partial charge in [-0.15, -0.1) is 0 Å². The second-order valence-corrected chi connectivity index (χ2v) is 5.54. The first-order chi connectivity index (χ1) is 7.51. The van der Waals surface area contributed by atoms with Crippen molar-refractivity contribution in [3.05, 3.63) is 12.3 Å². The summed E-state index contributed by atoms with van der Waals surface area (Å²) in [5.74, 6) is 0.392. The minimum absolute atomic E-state index is 0.207. The molecule has 92 valence electrons. The van der Waals surface area contributed by atoms with Gasteiger partial charge < -0.3 is 0 Å². The highest BCUT2D eigenvalue weighted by Crippen LogP contribution is 2.09. The molecule has 0 aromatic carbocycles. The molecule has 1 rings (SSSR count). The zero-order valence-corrected chi connectivity index (χ0v) is 10.8. The number of nitrogens with zero attached hydrogens (tertiary/aromatic N) is 2. The maximum absolute atomic E-state index is 11.9. The molecule has 0 aliphatic heterocycles. The van der Waals surface area contributed by atoms with Gasteiger partial charge in [0.25, 0.3) is 10.0 Å². The van der Waals surface area contributed by atoms with E-state index in [1.807, 2.05) is 0 Å². The first-order valence-corrected chi connectivity index (χ1v) is 6.97. The van der Waals surface area contributed by atoms with E-state index in [9.17, 15) is 8.42 Å². The lowest BCUT2D eigenvalue weighted by molar-refractivity contribution is 0.476. The Hall–Kier alpha value is -0.880. The van der Waals surface area contributed by atoms with Crippen molar-refractivity contribution in [3.63, 3.8) is 0 Å². The SMILES string of the molecule is CCC(CC)CNS(=O)(=O)c1ccnn1C. The molecule has 1 aromatic rings. The largest absolute Gasteiger partial charge is 0.257 e. The van der Waals surface area contributed by atoms with Crippen LogP contribution in [0.15, 0.2) is 17.3 Å². The second kappa shape index (κ2) is 5.45. The van der Waals surface area contributed by atoms with E-state index in [1.165, 1.54) is 16.9 Å². The molecule has 1 heterocycles. The summed E-state index contributed by atoms with van der Waals surface area (Å²) in [4.78, 5) is 0. The van der Waals surface area contributed by atoms with Gasteiger partial charge in [-0.05, 0) is 12.0 Å². The molecular formula is C10H19N3O2S. The molecule has 0 atom stereocenters. The van der Waals surface area contributed by atoms with Crippen molar-refractivity contribution in [2.24, 2.45) is 13.0 Å². The van der Waals surface area contributed by atoms with E-state index < -0.39 is 10.0 Å². The second-order valence-electron chi connectivity index (χ2n) is 3.83. The molecule has 0 fully saturated rings. The fraction of sp³-hybridized carbons (Fsp3) is 0.700. The average Bonchev–Trinajstić information content (AvgIpc) is 2.66. The van der Waals surface area contributed by atoms with E-state index >= 15 is 0 Å². The Labute approximate surface area is 96.9 Å². The van der Waals surface area contributed by atoms with E-state index in [4.69, 9.17) is 0 Å². The molecule has 1 N–H and O–H groups in total. The number of aryl methyl sites for hydroxylation is 1. The van der Waals surface area contributed by atoms with Crippen molar-refractivity contribution in [3.8, 4) is 0 Å². The van der Waals surface area contributed by atoms with E-state index in [2.05, 4.69) is 23.7 Å². The summed E-state index contributed by atoms with van der Waals surface area (Å²) in [6.07, 6.45) is 3.43. The number of hydrogen-bond acceptors (Lipinski definition) is 3. The standard InChI is InChI=1S/C10H19N3O2S/c1-4-9(5-2)8-12-16(14,15)10-6-7-11-13(10)3/h6-7,9,12H,4-5,8H2,1-3H3. The Balaban J connectivity index is 2.70. The van der Waals surface area contributed by atoms with Crippen LogP contribution >= 0.6 is 0 Å². The van der Waals surface area contributed by atoms with Crippen molar-refractivity contribution >= 4 is 10.0 Å². The molecular weight excluding hydrogens is 226 g/mol. The van der Waals surface area contributed by atoms with Gasteiger partial charge in [-0.2, -0.15) is 5.10 Å². The van der Waals surface area contributed by atoms with Gasteiger partial charge in [0.05, 0.1) is 6.20 Å². The van der Waals surface area contributed by atoms with E-state index in [0.717, 1.165) is 12.8 Å². The minimum Gasteiger partial charge on any atom is -0.256 e. The lowest BCUT2D eigenvalue weighted by atomic mass is 10.0. The van der Waals surface area contributed by atoms with Gasteiger partial charge in [0, 0.05) is 13.6 Å². The van der Waals surface area contributed by atoms with Gasteiger partial charge in [-0.1, -0.05) is 26.7 Å². The van der Waals surface area contributed by atoms with Crippen LogP contribution in [0.5, 0.6) is 0 Å². The van der Waals surface area contributed by atoms with Crippen LogP contribution in [0.4, 0.5) is 0 Å². The molecule has 0 aliphatic carbocycles. The number of nitrogens with one attached hydrogen (secondary N) is 1. The highest BCUT2D eigenvalue weighted by Gasteiger charge is 2.18. The van der Waals surface area contributed by atoms with E-state index in [1.54, 1.807) is 7.05 Å². The third kappa shape index (κ3) is 3.05. The first-order valence-electron chi connectivity index (χ1n) is 5.49. The molecule has 0 unspecified atom stereocenters. The fourth-order valence-corrected chi connectivity index (χ4v) is 2.74. The Morgan fingerprint density at radius 1 is 1.44 bits per heavy atom. The number of rotatable bonds is 6. The summed E-state index contributed by atoms with van der Waals surface area (Å²) < 4.78 is 27.7. The summed E-state index contributed by atoms with van der Waals surface area (Å²) in [7, 11) is -1.80. The van der Waals surface area contributed by atoms with Crippen molar-refractivity contribution in [2.75, 3.05) is 6.54 Å². The molecule has 0 spiro atoms. The van der Waals surface area contributed by atoms with Gasteiger partial charge in [-0.25, -0.2) is 13.1 Å². The van der Waals surface area contributed by atoms with E-state index in [-0.39, 0.29) is 5.03 Å². The highest BCUT2D eigenvalue weighted by atomic mass is 32.2. The van der Waals surface area contributed by atoms with E-state index in [0.29, 0.717) is 12.5 Å². The quantitative estimate of drug-likeness (QED) is 0.817. The fourth-order valence-electron chi connectivity index (χ4n) is 1.50. The first kappa shape index (κ1) is 13.2. The average molecular weight is 245 g/mol. The van der Waals surface area contributed by atoms with Crippen LogP contribution < -0.4 is 4.72 Å². The summed E-state index contributed by atoms with van der Waals surface area (Å²) in [5.41, 5.74) is 0. The molecule has 0 amide bonds. The van der Waals surface area contributed by atoms with Gasteiger partial charge in [0.2, 0.25) is 0 Å². The third-order valence-corrected chi connectivity index (χ3v) is 4.27. The molecule has 16 heavy (non-hydrogen) atoms. The lowest BCUT2D eigenvalue weighted by Crippen LogP contribution is -2.30. The predicted octanol–water partition coefficient (Wildman–Crippen LogP) is 1.13. The maximum Gasteiger partial charge on any atom is 0.257 e. The minimum atomic E-state index is -3.41. The number of aromatic nitrogens is 2. The van der Waals surface area contributed by atoms with Crippen LogP contribution in [-0.4, -0.2) is 24.7 Å². The maximum atomic E-state index is 11.9. The molecule has 0 aliphatic rings. The monoisotopic (exact) mass is 245 g/mol. The van der Waals surface area contributed by atoms with Gasteiger partial charge in [0.15, 0.2) is 5.03 Å². The van der Waals surface area contributed by atoms with Crippen LogP contribution in [0.3, 0.4) is 0 Å². The Bertz CT molecular complexity index is 421. The molecule has 0 saturated heterocycles. The Morgan fingerprint density at radius 2 is 2.06 bits per heavy atom. The molecule has 1 aromatic heterocycles. The van der Waals surface area contributed by atoms with Gasteiger partial charge in [-0.3, -0.25) is 4.68 Å². The van der Waals surface area contributed by atoms with Crippen LogP contribution in [0.1, 0.15) is 26.7 Å². The van der Waals surface area contributed by atoms with Crippen molar-refractivity contribution in [2.45, 2.75) is 31.7 Å². The zero-order chi connectivity index (χ0) is 12.2. The van der Waals surface area contributed by atoms with Crippen molar-refractivity contribution in [1.82, 2.24) is 14.5 Å². The molecule has 0 radical (unpaired) electrons. The van der Waals surface area contributed by atoms with Gasteiger partial charge in [0.1, 0.15) is 0 Å². The Kier molecular flexibility index (Phi) is 4.49. The molecule has 5 nitrogen and oxygen atoms in total.